The van der Waals surface area contributed by atoms with E-state index in [1.54, 1.807) is 12.1 Å². The number of carbonyl (C=O) groups excluding carboxylic acids is 1. The van der Waals surface area contributed by atoms with Gasteiger partial charge in [0.15, 0.2) is 5.78 Å². The number of alkyl halides is 1. The average molecular weight is 264 g/mol. The molecule has 0 amide bonds. The van der Waals surface area contributed by atoms with Gasteiger partial charge in [0.25, 0.3) is 0 Å². The predicted molar refractivity (Wildman–Crippen MR) is 55.4 cm³/mol. The molecule has 0 radical (unpaired) electrons. The van der Waals surface area contributed by atoms with Crippen LogP contribution in [-0.2, 0) is 4.79 Å². The summed E-state index contributed by atoms with van der Waals surface area (Å²) in [6, 6.07) is 7.30. The van der Waals surface area contributed by atoms with Gasteiger partial charge in [-0.15, -0.1) is 11.6 Å². The Hall–Kier alpha value is -0.540. The minimum absolute atomic E-state index is 0.00595. The standard InChI is InChI=1S/C9H8BrClO2/c10-7-2-1-3-9(4-7)13-6-8(12)5-11/h1-4H,5-6H2. The van der Waals surface area contributed by atoms with E-state index in [4.69, 9.17) is 16.3 Å². The summed E-state index contributed by atoms with van der Waals surface area (Å²) < 4.78 is 6.10. The van der Waals surface area contributed by atoms with Crippen molar-refractivity contribution < 1.29 is 9.53 Å². The molecule has 2 nitrogen and oxygen atoms in total. The number of hydrogen-bond donors (Lipinski definition) is 0. The van der Waals surface area contributed by atoms with Crippen molar-refractivity contribution >= 4 is 33.3 Å². The van der Waals surface area contributed by atoms with Gasteiger partial charge < -0.3 is 4.74 Å². The number of benzene rings is 1. The summed E-state index contributed by atoms with van der Waals surface area (Å²) in [6.45, 7) is 0.0277. The molecule has 1 aromatic rings. The highest BCUT2D eigenvalue weighted by Crippen LogP contribution is 2.17. The molecule has 0 saturated carbocycles. The second-order valence-electron chi connectivity index (χ2n) is 2.42. The van der Waals surface area contributed by atoms with E-state index in [-0.39, 0.29) is 18.3 Å². The molecular weight excluding hydrogens is 255 g/mol. The van der Waals surface area contributed by atoms with Gasteiger partial charge in [-0.25, -0.2) is 0 Å². The van der Waals surface area contributed by atoms with Crippen LogP contribution in [0.25, 0.3) is 0 Å². The number of Topliss-reactive ketones (excluding diaryl/α,β-unsaturated/α-hetero) is 1. The Bertz CT molecular complexity index is 301. The van der Waals surface area contributed by atoms with Gasteiger partial charge >= 0.3 is 0 Å². The van der Waals surface area contributed by atoms with E-state index >= 15 is 0 Å². The lowest BCUT2D eigenvalue weighted by Gasteiger charge is -2.03. The first-order valence-corrected chi connectivity index (χ1v) is 5.01. The molecule has 1 rings (SSSR count). The molecule has 0 atom stereocenters. The highest BCUT2D eigenvalue weighted by Gasteiger charge is 2.00. The normalized spacial score (nSPS) is 9.69. The summed E-state index contributed by atoms with van der Waals surface area (Å²) >= 11 is 8.61. The Kier molecular flexibility index (Phi) is 4.25. The zero-order valence-corrected chi connectivity index (χ0v) is 9.14. The van der Waals surface area contributed by atoms with Gasteiger partial charge in [-0.1, -0.05) is 22.0 Å². The molecule has 0 aliphatic carbocycles. The quantitative estimate of drug-likeness (QED) is 0.781. The van der Waals surface area contributed by atoms with Crippen LogP contribution in [0.2, 0.25) is 0 Å². The molecule has 0 spiro atoms. The van der Waals surface area contributed by atoms with Crippen LogP contribution in [-0.4, -0.2) is 18.3 Å². The highest BCUT2D eigenvalue weighted by molar-refractivity contribution is 9.10. The van der Waals surface area contributed by atoms with Crippen LogP contribution in [0.3, 0.4) is 0 Å². The van der Waals surface area contributed by atoms with E-state index in [0.29, 0.717) is 5.75 Å². The van der Waals surface area contributed by atoms with Crippen LogP contribution < -0.4 is 4.74 Å². The van der Waals surface area contributed by atoms with Crippen LogP contribution in [0.4, 0.5) is 0 Å². The minimum atomic E-state index is -0.123. The third-order valence-electron chi connectivity index (χ3n) is 1.34. The Morgan fingerprint density at radius 3 is 2.92 bits per heavy atom. The van der Waals surface area contributed by atoms with E-state index < -0.39 is 0 Å². The SMILES string of the molecule is O=C(CCl)COc1cccc(Br)c1. The molecule has 0 fully saturated rings. The maximum absolute atomic E-state index is 10.8. The molecule has 0 aliphatic rings. The first-order valence-electron chi connectivity index (χ1n) is 3.68. The van der Waals surface area contributed by atoms with E-state index in [1.807, 2.05) is 12.1 Å². The van der Waals surface area contributed by atoms with Gasteiger partial charge in [0.2, 0.25) is 0 Å². The molecule has 0 aromatic heterocycles. The van der Waals surface area contributed by atoms with Crippen LogP contribution in [0.5, 0.6) is 5.75 Å². The molecule has 4 heteroatoms. The van der Waals surface area contributed by atoms with Gasteiger partial charge in [-0.05, 0) is 18.2 Å². The van der Waals surface area contributed by atoms with Crippen molar-refractivity contribution in [2.45, 2.75) is 0 Å². The summed E-state index contributed by atoms with van der Waals surface area (Å²) in [5, 5.41) is 0. The smallest absolute Gasteiger partial charge is 0.184 e. The molecule has 0 N–H and O–H groups in total. The fourth-order valence-corrected chi connectivity index (χ4v) is 1.21. The second kappa shape index (κ2) is 5.25. The van der Waals surface area contributed by atoms with Crippen molar-refractivity contribution in [1.82, 2.24) is 0 Å². The molecule has 0 aliphatic heterocycles. The fourth-order valence-electron chi connectivity index (χ4n) is 0.759. The van der Waals surface area contributed by atoms with Crippen molar-refractivity contribution in [1.29, 1.82) is 0 Å². The summed E-state index contributed by atoms with van der Waals surface area (Å²) in [7, 11) is 0. The molecule has 70 valence electrons. The van der Waals surface area contributed by atoms with Crippen LogP contribution in [0, 0.1) is 0 Å². The molecule has 0 heterocycles. The molecule has 0 bridgehead atoms. The third-order valence-corrected chi connectivity index (χ3v) is 2.14. The van der Waals surface area contributed by atoms with E-state index in [1.165, 1.54) is 0 Å². The molecule has 0 saturated heterocycles. The number of ether oxygens (including phenoxy) is 1. The summed E-state index contributed by atoms with van der Waals surface area (Å²) in [6.07, 6.45) is 0. The predicted octanol–water partition coefficient (Wildman–Crippen LogP) is 2.64. The van der Waals surface area contributed by atoms with Crippen LogP contribution in [0.15, 0.2) is 28.7 Å². The number of rotatable bonds is 4. The van der Waals surface area contributed by atoms with Gasteiger partial charge in [-0.3, -0.25) is 4.79 Å². The zero-order chi connectivity index (χ0) is 9.68. The lowest BCUT2D eigenvalue weighted by molar-refractivity contribution is -0.118. The number of ketones is 1. The monoisotopic (exact) mass is 262 g/mol. The second-order valence-corrected chi connectivity index (χ2v) is 3.60. The third kappa shape index (κ3) is 3.79. The molecule has 0 unspecified atom stereocenters. The Labute approximate surface area is 90.0 Å². The lowest BCUT2D eigenvalue weighted by Crippen LogP contribution is -2.11. The molecule has 1 aromatic carbocycles. The number of carbonyl (C=O) groups is 1. The summed E-state index contributed by atoms with van der Waals surface area (Å²) in [4.78, 5) is 10.8. The maximum atomic E-state index is 10.8. The van der Waals surface area contributed by atoms with Crippen LogP contribution >= 0.6 is 27.5 Å². The van der Waals surface area contributed by atoms with Crippen molar-refractivity contribution in [2.75, 3.05) is 12.5 Å². The summed E-state index contributed by atoms with van der Waals surface area (Å²) in [5.41, 5.74) is 0. The van der Waals surface area contributed by atoms with Gasteiger partial charge in [0.1, 0.15) is 12.4 Å². The lowest BCUT2D eigenvalue weighted by atomic mass is 10.3. The van der Waals surface area contributed by atoms with Gasteiger partial charge in [0.05, 0.1) is 5.88 Å². The number of hydrogen-bond acceptors (Lipinski definition) is 2. The zero-order valence-electron chi connectivity index (χ0n) is 6.80. The van der Waals surface area contributed by atoms with E-state index in [2.05, 4.69) is 15.9 Å². The number of halogens is 2. The minimum Gasteiger partial charge on any atom is -0.486 e. The van der Waals surface area contributed by atoms with E-state index in [9.17, 15) is 4.79 Å². The topological polar surface area (TPSA) is 26.3 Å². The maximum Gasteiger partial charge on any atom is 0.184 e. The first-order chi connectivity index (χ1) is 6.22. The van der Waals surface area contributed by atoms with Gasteiger partial charge in [0, 0.05) is 4.47 Å². The van der Waals surface area contributed by atoms with E-state index in [0.717, 1.165) is 4.47 Å². The average Bonchev–Trinajstić information content (AvgIpc) is 2.14. The van der Waals surface area contributed by atoms with Crippen molar-refractivity contribution in [2.24, 2.45) is 0 Å². The van der Waals surface area contributed by atoms with Crippen molar-refractivity contribution in [3.8, 4) is 5.75 Å². The summed E-state index contributed by atoms with van der Waals surface area (Å²) in [5.74, 6) is 0.531. The largest absolute Gasteiger partial charge is 0.486 e. The molecule has 13 heavy (non-hydrogen) atoms. The van der Waals surface area contributed by atoms with Crippen molar-refractivity contribution in [3.63, 3.8) is 0 Å². The highest BCUT2D eigenvalue weighted by atomic mass is 79.9. The fraction of sp³-hybridized carbons (Fsp3) is 0.222. The Morgan fingerprint density at radius 2 is 2.31 bits per heavy atom. The van der Waals surface area contributed by atoms with Gasteiger partial charge in [-0.2, -0.15) is 0 Å². The Morgan fingerprint density at radius 1 is 1.54 bits per heavy atom. The first kappa shape index (κ1) is 10.5. The molecular formula is C9H8BrClO2. The van der Waals surface area contributed by atoms with Crippen molar-refractivity contribution in [3.05, 3.63) is 28.7 Å². The Balaban J connectivity index is 2.50. The van der Waals surface area contributed by atoms with Crippen LogP contribution in [0.1, 0.15) is 0 Å².